The van der Waals surface area contributed by atoms with E-state index in [0.29, 0.717) is 22.5 Å². The quantitative estimate of drug-likeness (QED) is 0.292. The lowest BCUT2D eigenvalue weighted by Crippen LogP contribution is -2.15. The Morgan fingerprint density at radius 1 is 0.943 bits per heavy atom. The Labute approximate surface area is 215 Å². The van der Waals surface area contributed by atoms with E-state index in [9.17, 15) is 0 Å². The van der Waals surface area contributed by atoms with Crippen molar-refractivity contribution in [2.24, 2.45) is 0 Å². The minimum absolute atomic E-state index is 0.266. The van der Waals surface area contributed by atoms with E-state index in [-0.39, 0.29) is 5.92 Å². The first-order valence-electron chi connectivity index (χ1n) is 11.4. The summed E-state index contributed by atoms with van der Waals surface area (Å²) in [7, 11) is 4.00. The molecule has 2 aromatic carbocycles. The molecule has 0 fully saturated rings. The van der Waals surface area contributed by atoms with Crippen LogP contribution in [-0.2, 0) is 19.4 Å². The zero-order chi connectivity index (χ0) is 24.9. The minimum Gasteiger partial charge on any atom is -0.487 e. The molecule has 0 atom stereocenters. The van der Waals surface area contributed by atoms with E-state index >= 15 is 0 Å². The summed E-state index contributed by atoms with van der Waals surface area (Å²) in [6, 6.07) is 15.7. The van der Waals surface area contributed by atoms with Crippen LogP contribution in [0.5, 0.6) is 5.75 Å². The van der Waals surface area contributed by atoms with Gasteiger partial charge >= 0.3 is 0 Å². The van der Waals surface area contributed by atoms with Gasteiger partial charge in [-0.2, -0.15) is 5.21 Å². The maximum atomic E-state index is 6.39. The molecule has 7 nitrogen and oxygen atoms in total. The summed E-state index contributed by atoms with van der Waals surface area (Å²) >= 11 is 12.4. The lowest BCUT2D eigenvalue weighted by molar-refractivity contribution is 0.296. The molecule has 0 unspecified atom stereocenters. The summed E-state index contributed by atoms with van der Waals surface area (Å²) in [5.41, 5.74) is 5.07. The molecule has 9 heteroatoms. The molecule has 0 aliphatic carbocycles. The molecule has 35 heavy (non-hydrogen) atoms. The highest BCUT2D eigenvalue weighted by Gasteiger charge is 2.18. The van der Waals surface area contributed by atoms with E-state index in [1.165, 1.54) is 5.56 Å². The SMILES string of the molecule is CC(C)c1cc(N(C)C)nc(CCc2ccc(-c3nn[nH]n3)cc2)c1OCc1cc(Cl)cc(Cl)c1. The number of hydrogen-bond donors (Lipinski definition) is 1. The normalized spacial score (nSPS) is 11.2. The van der Waals surface area contributed by atoms with Crippen molar-refractivity contribution in [2.75, 3.05) is 19.0 Å². The molecular weight excluding hydrogens is 483 g/mol. The van der Waals surface area contributed by atoms with Crippen molar-refractivity contribution in [3.63, 3.8) is 0 Å². The maximum absolute atomic E-state index is 6.39. The van der Waals surface area contributed by atoms with Crippen LogP contribution in [0.15, 0.2) is 48.5 Å². The standard InChI is InChI=1S/C26H28Cl2N6O/c1-16(2)22-14-24(34(3)4)29-23(25(22)35-15-18-11-20(27)13-21(28)12-18)10-7-17-5-8-19(9-6-17)26-30-32-33-31-26/h5-6,8-9,11-14,16H,7,10,15H2,1-4H3,(H,30,31,32,33). The number of aryl methyl sites for hydroxylation is 2. The van der Waals surface area contributed by atoms with Crippen molar-refractivity contribution < 1.29 is 4.74 Å². The van der Waals surface area contributed by atoms with Gasteiger partial charge in [0.05, 0.1) is 5.69 Å². The molecule has 0 bridgehead atoms. The van der Waals surface area contributed by atoms with E-state index < -0.39 is 0 Å². The summed E-state index contributed by atoms with van der Waals surface area (Å²) in [5, 5.41) is 15.4. The van der Waals surface area contributed by atoms with Crippen molar-refractivity contribution in [3.8, 4) is 17.1 Å². The number of ether oxygens (including phenoxy) is 1. The van der Waals surface area contributed by atoms with Gasteiger partial charge < -0.3 is 9.64 Å². The van der Waals surface area contributed by atoms with Crippen LogP contribution in [0.4, 0.5) is 5.82 Å². The Morgan fingerprint density at radius 2 is 1.66 bits per heavy atom. The molecular formula is C26H28Cl2N6O. The van der Waals surface area contributed by atoms with Crippen LogP contribution in [0.25, 0.3) is 11.4 Å². The molecule has 0 aliphatic rings. The highest BCUT2D eigenvalue weighted by molar-refractivity contribution is 6.34. The van der Waals surface area contributed by atoms with Gasteiger partial charge in [0.25, 0.3) is 0 Å². The van der Waals surface area contributed by atoms with E-state index in [4.69, 9.17) is 32.9 Å². The van der Waals surface area contributed by atoms with E-state index in [1.807, 2.05) is 43.3 Å². The summed E-state index contributed by atoms with van der Waals surface area (Å²) in [6.07, 6.45) is 1.54. The third-order valence-corrected chi connectivity index (χ3v) is 6.09. The van der Waals surface area contributed by atoms with Crippen LogP contribution in [0.1, 0.15) is 42.1 Å². The number of rotatable bonds is 9. The number of nitrogens with zero attached hydrogens (tertiary/aromatic N) is 5. The fourth-order valence-corrected chi connectivity index (χ4v) is 4.37. The fraction of sp³-hybridized carbons (Fsp3) is 0.308. The van der Waals surface area contributed by atoms with Crippen LogP contribution < -0.4 is 9.64 Å². The number of pyridine rings is 1. The van der Waals surface area contributed by atoms with Gasteiger partial charge in [0.15, 0.2) is 0 Å². The third kappa shape index (κ3) is 6.29. The molecule has 0 saturated heterocycles. The van der Waals surface area contributed by atoms with Gasteiger partial charge in [-0.3, -0.25) is 0 Å². The van der Waals surface area contributed by atoms with Gasteiger partial charge in [0.1, 0.15) is 18.2 Å². The highest BCUT2D eigenvalue weighted by Crippen LogP contribution is 2.34. The monoisotopic (exact) mass is 510 g/mol. The van der Waals surface area contributed by atoms with Gasteiger partial charge in [-0.05, 0) is 59.4 Å². The first-order valence-corrected chi connectivity index (χ1v) is 12.2. The van der Waals surface area contributed by atoms with Gasteiger partial charge in [-0.25, -0.2) is 4.98 Å². The lowest BCUT2D eigenvalue weighted by Gasteiger charge is -2.22. The number of aromatic nitrogens is 5. The van der Waals surface area contributed by atoms with E-state index in [2.05, 4.69) is 52.7 Å². The van der Waals surface area contributed by atoms with Gasteiger partial charge in [-0.15, -0.1) is 10.2 Å². The van der Waals surface area contributed by atoms with Crippen LogP contribution in [0.2, 0.25) is 10.0 Å². The smallest absolute Gasteiger partial charge is 0.204 e. The van der Waals surface area contributed by atoms with Gasteiger partial charge in [-0.1, -0.05) is 61.3 Å². The third-order valence-electron chi connectivity index (χ3n) is 5.65. The average molecular weight is 511 g/mol. The van der Waals surface area contributed by atoms with Crippen molar-refractivity contribution >= 4 is 29.0 Å². The second-order valence-corrected chi connectivity index (χ2v) is 9.77. The zero-order valence-electron chi connectivity index (χ0n) is 20.2. The number of anilines is 1. The number of hydrogen-bond acceptors (Lipinski definition) is 6. The Kier molecular flexibility index (Phi) is 7.88. The Hall–Kier alpha value is -3.16. The molecule has 0 radical (unpaired) electrons. The number of nitrogens with one attached hydrogen (secondary N) is 1. The number of H-pyrrole nitrogens is 1. The summed E-state index contributed by atoms with van der Waals surface area (Å²) in [6.45, 7) is 4.69. The summed E-state index contributed by atoms with van der Waals surface area (Å²) in [5.74, 6) is 2.58. The largest absolute Gasteiger partial charge is 0.487 e. The first-order chi connectivity index (χ1) is 16.8. The minimum atomic E-state index is 0.266. The van der Waals surface area contributed by atoms with Crippen LogP contribution in [0, 0.1) is 0 Å². The zero-order valence-corrected chi connectivity index (χ0v) is 21.7. The second-order valence-electron chi connectivity index (χ2n) is 8.89. The van der Waals surface area contributed by atoms with Crippen LogP contribution >= 0.6 is 23.2 Å². The molecule has 0 amide bonds. The Bertz CT molecular complexity index is 1250. The predicted octanol–water partition coefficient (Wildman–Crippen LogP) is 6.12. The Balaban J connectivity index is 1.60. The molecule has 0 saturated carbocycles. The van der Waals surface area contributed by atoms with E-state index in [1.54, 1.807) is 6.07 Å². The molecule has 4 rings (SSSR count). The average Bonchev–Trinajstić information content (AvgIpc) is 3.36. The highest BCUT2D eigenvalue weighted by atomic mass is 35.5. The topological polar surface area (TPSA) is 79.8 Å². The van der Waals surface area contributed by atoms with Crippen molar-refractivity contribution in [1.82, 2.24) is 25.6 Å². The summed E-state index contributed by atoms with van der Waals surface area (Å²) < 4.78 is 6.39. The maximum Gasteiger partial charge on any atom is 0.204 e. The number of aromatic amines is 1. The molecule has 2 aromatic heterocycles. The Morgan fingerprint density at radius 3 is 2.26 bits per heavy atom. The molecule has 0 aliphatic heterocycles. The molecule has 2 heterocycles. The summed E-state index contributed by atoms with van der Waals surface area (Å²) in [4.78, 5) is 6.98. The molecule has 4 aromatic rings. The van der Waals surface area contributed by atoms with E-state index in [0.717, 1.165) is 46.8 Å². The van der Waals surface area contributed by atoms with Gasteiger partial charge in [0.2, 0.25) is 5.82 Å². The molecule has 1 N–H and O–H groups in total. The first kappa shape index (κ1) is 24.9. The predicted molar refractivity (Wildman–Crippen MR) is 140 cm³/mol. The van der Waals surface area contributed by atoms with Gasteiger partial charge in [0, 0.05) is 35.3 Å². The number of tetrazole rings is 1. The van der Waals surface area contributed by atoms with Crippen molar-refractivity contribution in [3.05, 3.63) is 81.0 Å². The van der Waals surface area contributed by atoms with Crippen LogP contribution in [-0.4, -0.2) is 39.7 Å². The van der Waals surface area contributed by atoms with Crippen molar-refractivity contribution in [1.29, 1.82) is 0 Å². The molecule has 182 valence electrons. The second kappa shape index (κ2) is 11.1. The van der Waals surface area contributed by atoms with Crippen molar-refractivity contribution in [2.45, 2.75) is 39.2 Å². The fourth-order valence-electron chi connectivity index (χ4n) is 3.80. The van der Waals surface area contributed by atoms with Crippen LogP contribution in [0.3, 0.4) is 0 Å². The number of halogens is 2. The number of benzene rings is 2. The molecule has 0 spiro atoms. The lowest BCUT2D eigenvalue weighted by atomic mass is 9.98.